The molecule has 0 radical (unpaired) electrons. The lowest BCUT2D eigenvalue weighted by molar-refractivity contribution is 0.0467. The first-order valence-corrected chi connectivity index (χ1v) is 8.65. The van der Waals surface area contributed by atoms with E-state index in [-0.39, 0.29) is 12.6 Å². The first-order chi connectivity index (χ1) is 11.1. The Balaban J connectivity index is 1.61. The molecule has 0 unspecified atom stereocenters. The maximum absolute atomic E-state index is 12.0. The summed E-state index contributed by atoms with van der Waals surface area (Å²) in [6, 6.07) is 9.82. The van der Waals surface area contributed by atoms with Crippen molar-refractivity contribution in [3.05, 3.63) is 67.8 Å². The second kappa shape index (κ2) is 7.06. The Bertz CT molecular complexity index is 828. The van der Waals surface area contributed by atoms with Crippen molar-refractivity contribution >= 4 is 33.2 Å². The van der Waals surface area contributed by atoms with Crippen LogP contribution in [-0.2, 0) is 17.8 Å². The van der Waals surface area contributed by atoms with Gasteiger partial charge in [-0.15, -0.1) is 11.3 Å². The molecule has 5 nitrogen and oxygen atoms in total. The predicted octanol–water partition coefficient (Wildman–Crippen LogP) is 3.88. The van der Waals surface area contributed by atoms with E-state index in [4.69, 9.17) is 4.74 Å². The van der Waals surface area contributed by atoms with Gasteiger partial charge in [0.05, 0.1) is 0 Å². The van der Waals surface area contributed by atoms with Gasteiger partial charge in [0.1, 0.15) is 4.88 Å². The Kier molecular flexibility index (Phi) is 4.88. The average Bonchev–Trinajstić information content (AvgIpc) is 3.16. The topological polar surface area (TPSA) is 67.9 Å². The maximum atomic E-state index is 12.0. The van der Waals surface area contributed by atoms with E-state index in [1.807, 2.05) is 42.6 Å². The summed E-state index contributed by atoms with van der Waals surface area (Å²) in [4.78, 5) is 16.9. The van der Waals surface area contributed by atoms with E-state index < -0.39 is 0 Å². The zero-order chi connectivity index (χ0) is 16.2. The van der Waals surface area contributed by atoms with Gasteiger partial charge in [0.15, 0.2) is 18.3 Å². The van der Waals surface area contributed by atoms with Gasteiger partial charge in [-0.1, -0.05) is 34.1 Å². The number of thiophene rings is 1. The highest BCUT2D eigenvalue weighted by molar-refractivity contribution is 9.10. The zero-order valence-electron chi connectivity index (χ0n) is 12.4. The third kappa shape index (κ3) is 3.86. The molecule has 0 saturated heterocycles. The largest absolute Gasteiger partial charge is 0.453 e. The molecule has 3 aromatic rings. The smallest absolute Gasteiger partial charge is 0.349 e. The number of esters is 1. The Morgan fingerprint density at radius 2 is 2.17 bits per heavy atom. The van der Waals surface area contributed by atoms with Crippen LogP contribution in [0.5, 0.6) is 0 Å². The van der Waals surface area contributed by atoms with E-state index in [1.54, 1.807) is 0 Å². The highest BCUT2D eigenvalue weighted by Crippen LogP contribution is 2.19. The molecular weight excluding hydrogens is 378 g/mol. The van der Waals surface area contributed by atoms with Crippen LogP contribution in [0.1, 0.15) is 32.4 Å². The molecule has 0 aliphatic rings. The Morgan fingerprint density at radius 1 is 1.35 bits per heavy atom. The fourth-order valence-corrected chi connectivity index (χ4v) is 3.31. The minimum atomic E-state index is -0.332. The van der Waals surface area contributed by atoms with Gasteiger partial charge in [-0.2, -0.15) is 5.10 Å². The normalized spacial score (nSPS) is 10.7. The summed E-state index contributed by atoms with van der Waals surface area (Å²) in [5.74, 6) is 0.867. The molecule has 0 amide bonds. The van der Waals surface area contributed by atoms with Gasteiger partial charge in [0, 0.05) is 10.9 Å². The molecule has 0 aliphatic carbocycles. The lowest BCUT2D eigenvalue weighted by Gasteiger charge is -2.01. The molecule has 0 aliphatic heterocycles. The molecule has 0 atom stereocenters. The van der Waals surface area contributed by atoms with Crippen LogP contribution in [0, 0.1) is 6.92 Å². The number of carbonyl (C=O) groups is 1. The molecule has 118 valence electrons. The number of nitrogens with one attached hydrogen (secondary N) is 1. The van der Waals surface area contributed by atoms with Gasteiger partial charge in [0.2, 0.25) is 0 Å². The summed E-state index contributed by atoms with van der Waals surface area (Å²) in [5, 5.41) is 8.85. The molecule has 0 saturated carbocycles. The first-order valence-electron chi connectivity index (χ1n) is 6.98. The van der Waals surface area contributed by atoms with Gasteiger partial charge in [-0.05, 0) is 35.6 Å². The number of aryl methyl sites for hydroxylation is 1. The third-order valence-electron chi connectivity index (χ3n) is 3.27. The van der Waals surface area contributed by atoms with Crippen LogP contribution >= 0.6 is 27.3 Å². The molecular formula is C16H14BrN3O2S. The zero-order valence-corrected chi connectivity index (χ0v) is 14.8. The summed E-state index contributed by atoms with van der Waals surface area (Å²) in [6.45, 7) is 1.97. The van der Waals surface area contributed by atoms with Crippen molar-refractivity contribution in [3.8, 4) is 0 Å². The van der Waals surface area contributed by atoms with Crippen molar-refractivity contribution in [2.24, 2.45) is 0 Å². The lowest BCUT2D eigenvalue weighted by atomic mass is 10.1. The van der Waals surface area contributed by atoms with Crippen molar-refractivity contribution in [2.45, 2.75) is 20.0 Å². The van der Waals surface area contributed by atoms with Gasteiger partial charge in [-0.3, -0.25) is 5.10 Å². The Labute approximate surface area is 145 Å². The third-order valence-corrected chi connectivity index (χ3v) is 5.04. The molecule has 2 aromatic heterocycles. The summed E-state index contributed by atoms with van der Waals surface area (Å²) < 4.78 is 6.29. The number of carbonyl (C=O) groups excluding carboxylic acids is 1. The number of rotatable bonds is 5. The fraction of sp³-hybridized carbons (Fsp3) is 0.188. The number of aromatic nitrogens is 3. The molecule has 23 heavy (non-hydrogen) atoms. The van der Waals surface area contributed by atoms with E-state index in [0.717, 1.165) is 15.6 Å². The van der Waals surface area contributed by atoms with Gasteiger partial charge < -0.3 is 4.74 Å². The van der Waals surface area contributed by atoms with Crippen LogP contribution in [0.15, 0.2) is 40.2 Å². The highest BCUT2D eigenvalue weighted by atomic mass is 79.9. The number of nitrogens with zero attached hydrogens (tertiary/aromatic N) is 2. The Morgan fingerprint density at radius 3 is 2.91 bits per heavy atom. The standard InChI is InChI=1S/C16H14BrN3O2S/c1-10-6-7-23-15(10)16(21)22-9-14-18-13(19-20-14)8-11-4-2-3-5-12(11)17/h2-7H,8-9H2,1H3,(H,18,19,20). The lowest BCUT2D eigenvalue weighted by Crippen LogP contribution is -2.05. The molecule has 2 heterocycles. The minimum absolute atomic E-state index is 0.0825. The number of H-pyrrole nitrogens is 1. The molecule has 0 bridgehead atoms. The Hall–Kier alpha value is -1.99. The van der Waals surface area contributed by atoms with Gasteiger partial charge in [-0.25, -0.2) is 9.78 Å². The molecule has 1 aromatic carbocycles. The first kappa shape index (κ1) is 15.9. The quantitative estimate of drug-likeness (QED) is 0.669. The van der Waals surface area contributed by atoms with Crippen molar-refractivity contribution in [2.75, 3.05) is 0 Å². The van der Waals surface area contributed by atoms with Crippen molar-refractivity contribution < 1.29 is 9.53 Å². The fourth-order valence-electron chi connectivity index (χ4n) is 2.07. The van der Waals surface area contributed by atoms with Crippen LogP contribution in [-0.4, -0.2) is 21.2 Å². The SMILES string of the molecule is Cc1ccsc1C(=O)OCc1nc(Cc2ccccc2Br)n[nH]1. The van der Waals surface area contributed by atoms with Crippen LogP contribution in [0.3, 0.4) is 0 Å². The van der Waals surface area contributed by atoms with Crippen LogP contribution in [0.25, 0.3) is 0 Å². The molecule has 0 spiro atoms. The number of ether oxygens (including phenoxy) is 1. The van der Waals surface area contributed by atoms with E-state index in [1.165, 1.54) is 11.3 Å². The average molecular weight is 392 g/mol. The van der Waals surface area contributed by atoms with Crippen molar-refractivity contribution in [3.63, 3.8) is 0 Å². The van der Waals surface area contributed by atoms with Crippen LogP contribution in [0.2, 0.25) is 0 Å². The summed E-state index contributed by atoms with van der Waals surface area (Å²) in [6.07, 6.45) is 0.607. The van der Waals surface area contributed by atoms with Gasteiger partial charge in [0.25, 0.3) is 0 Å². The number of aromatic amines is 1. The number of hydrogen-bond acceptors (Lipinski definition) is 5. The van der Waals surface area contributed by atoms with Crippen LogP contribution in [0.4, 0.5) is 0 Å². The summed E-state index contributed by atoms with van der Waals surface area (Å²) in [7, 11) is 0. The second-order valence-corrected chi connectivity index (χ2v) is 6.75. The minimum Gasteiger partial charge on any atom is -0.453 e. The molecule has 7 heteroatoms. The van der Waals surface area contributed by atoms with E-state index in [9.17, 15) is 4.79 Å². The van der Waals surface area contributed by atoms with Gasteiger partial charge >= 0.3 is 5.97 Å². The second-order valence-electron chi connectivity index (χ2n) is 4.98. The van der Waals surface area contributed by atoms with E-state index in [0.29, 0.717) is 22.9 Å². The molecule has 1 N–H and O–H groups in total. The predicted molar refractivity (Wildman–Crippen MR) is 91.5 cm³/mol. The molecule has 0 fully saturated rings. The van der Waals surface area contributed by atoms with E-state index >= 15 is 0 Å². The van der Waals surface area contributed by atoms with E-state index in [2.05, 4.69) is 31.1 Å². The van der Waals surface area contributed by atoms with Crippen LogP contribution < -0.4 is 0 Å². The number of hydrogen-bond donors (Lipinski definition) is 1. The van der Waals surface area contributed by atoms with Crippen molar-refractivity contribution in [1.82, 2.24) is 15.2 Å². The van der Waals surface area contributed by atoms with Crippen molar-refractivity contribution in [1.29, 1.82) is 0 Å². The maximum Gasteiger partial charge on any atom is 0.349 e. The summed E-state index contributed by atoms with van der Waals surface area (Å²) in [5.41, 5.74) is 2.02. The molecule has 3 rings (SSSR count). The number of halogens is 1. The number of benzene rings is 1. The monoisotopic (exact) mass is 391 g/mol. The highest BCUT2D eigenvalue weighted by Gasteiger charge is 2.13. The summed E-state index contributed by atoms with van der Waals surface area (Å²) >= 11 is 4.88.